The molecule has 0 saturated carbocycles. The van der Waals surface area contributed by atoms with Crippen molar-refractivity contribution in [1.82, 2.24) is 14.5 Å². The van der Waals surface area contributed by atoms with Crippen molar-refractivity contribution in [3.63, 3.8) is 0 Å². The molecule has 5 aromatic rings. The van der Waals surface area contributed by atoms with Gasteiger partial charge in [0.1, 0.15) is 18.4 Å². The van der Waals surface area contributed by atoms with Gasteiger partial charge in [0.25, 0.3) is 0 Å². The van der Waals surface area contributed by atoms with Crippen molar-refractivity contribution in [2.24, 2.45) is 0 Å². The highest BCUT2D eigenvalue weighted by molar-refractivity contribution is 5.99. The molecule has 166 valence electrons. The first-order chi connectivity index (χ1) is 16.5. The monoisotopic (exact) mass is 445 g/mol. The molecule has 0 unspecified atom stereocenters. The number of H-pyrrole nitrogens is 1. The van der Waals surface area contributed by atoms with Gasteiger partial charge in [-0.05, 0) is 61.4 Å². The first kappa shape index (κ1) is 21.2. The van der Waals surface area contributed by atoms with E-state index in [0.29, 0.717) is 11.4 Å². The Bertz CT molecular complexity index is 1610. The van der Waals surface area contributed by atoms with E-state index in [4.69, 9.17) is 0 Å². The molecule has 2 aromatic heterocycles. The number of hydrogen-bond acceptors (Lipinski definition) is 3. The SMILES string of the molecule is Cc1cccc(NC(=O)Cn2cc(C=C(C#N)c3nc4ccc(C)cc4[nH]3)c3ccccc32)c1. The number of aryl methyl sites for hydroxylation is 2. The van der Waals surface area contributed by atoms with E-state index >= 15 is 0 Å². The van der Waals surface area contributed by atoms with Crippen LogP contribution < -0.4 is 5.32 Å². The highest BCUT2D eigenvalue weighted by Gasteiger charge is 2.13. The quantitative estimate of drug-likeness (QED) is 0.333. The number of imidazole rings is 1. The summed E-state index contributed by atoms with van der Waals surface area (Å²) in [4.78, 5) is 20.6. The van der Waals surface area contributed by atoms with Crippen LogP contribution in [0, 0.1) is 25.2 Å². The van der Waals surface area contributed by atoms with Crippen molar-refractivity contribution in [3.05, 3.63) is 95.4 Å². The number of hydrogen-bond donors (Lipinski definition) is 2. The van der Waals surface area contributed by atoms with E-state index < -0.39 is 0 Å². The number of aromatic amines is 1. The maximum absolute atomic E-state index is 12.8. The molecule has 5 rings (SSSR count). The molecule has 0 bridgehead atoms. The predicted molar refractivity (Wildman–Crippen MR) is 136 cm³/mol. The summed E-state index contributed by atoms with van der Waals surface area (Å²) >= 11 is 0. The molecule has 6 heteroatoms. The molecule has 0 atom stereocenters. The van der Waals surface area contributed by atoms with Gasteiger partial charge >= 0.3 is 0 Å². The van der Waals surface area contributed by atoms with Crippen molar-refractivity contribution in [2.45, 2.75) is 20.4 Å². The van der Waals surface area contributed by atoms with Gasteiger partial charge in [0.15, 0.2) is 0 Å². The molecule has 34 heavy (non-hydrogen) atoms. The number of carbonyl (C=O) groups excluding carboxylic acids is 1. The van der Waals surface area contributed by atoms with E-state index in [1.807, 2.05) is 97.4 Å². The molecule has 0 saturated heterocycles. The number of benzene rings is 3. The van der Waals surface area contributed by atoms with Crippen molar-refractivity contribution in [2.75, 3.05) is 5.32 Å². The van der Waals surface area contributed by atoms with Crippen LogP contribution in [-0.2, 0) is 11.3 Å². The van der Waals surface area contributed by atoms with Gasteiger partial charge in [0.05, 0.1) is 16.6 Å². The highest BCUT2D eigenvalue weighted by Crippen LogP contribution is 2.26. The Balaban J connectivity index is 1.49. The maximum Gasteiger partial charge on any atom is 0.244 e. The van der Waals surface area contributed by atoms with Crippen LogP contribution >= 0.6 is 0 Å². The Morgan fingerprint density at radius 3 is 2.74 bits per heavy atom. The summed E-state index contributed by atoms with van der Waals surface area (Å²) in [5.41, 5.74) is 6.90. The minimum atomic E-state index is -0.116. The lowest BCUT2D eigenvalue weighted by Gasteiger charge is -2.08. The van der Waals surface area contributed by atoms with Crippen molar-refractivity contribution in [3.8, 4) is 6.07 Å². The van der Waals surface area contributed by atoms with Crippen LogP contribution in [0.5, 0.6) is 0 Å². The lowest BCUT2D eigenvalue weighted by Crippen LogP contribution is -2.18. The van der Waals surface area contributed by atoms with Gasteiger partial charge < -0.3 is 14.9 Å². The summed E-state index contributed by atoms with van der Waals surface area (Å²) in [5, 5.41) is 13.8. The van der Waals surface area contributed by atoms with Crippen LogP contribution in [0.3, 0.4) is 0 Å². The fourth-order valence-electron chi connectivity index (χ4n) is 4.16. The largest absolute Gasteiger partial charge is 0.337 e. The van der Waals surface area contributed by atoms with E-state index in [-0.39, 0.29) is 12.5 Å². The summed E-state index contributed by atoms with van der Waals surface area (Å²) in [5.74, 6) is 0.409. The van der Waals surface area contributed by atoms with Gasteiger partial charge in [-0.25, -0.2) is 4.98 Å². The molecule has 3 aromatic carbocycles. The molecule has 0 fully saturated rings. The highest BCUT2D eigenvalue weighted by atomic mass is 16.1. The van der Waals surface area contributed by atoms with Gasteiger partial charge in [-0.2, -0.15) is 5.26 Å². The van der Waals surface area contributed by atoms with Gasteiger partial charge in [-0.1, -0.05) is 36.4 Å². The van der Waals surface area contributed by atoms with Crippen LogP contribution in [0.1, 0.15) is 22.5 Å². The second kappa shape index (κ2) is 8.72. The number of rotatable bonds is 5. The fourth-order valence-corrected chi connectivity index (χ4v) is 4.16. The number of allylic oxidation sites excluding steroid dienone is 1. The lowest BCUT2D eigenvalue weighted by molar-refractivity contribution is -0.116. The maximum atomic E-state index is 12.8. The van der Waals surface area contributed by atoms with Crippen molar-refractivity contribution >= 4 is 45.2 Å². The average molecular weight is 446 g/mol. The second-order valence-electron chi connectivity index (χ2n) is 8.42. The Labute approximate surface area is 197 Å². The lowest BCUT2D eigenvalue weighted by atomic mass is 10.1. The molecule has 0 radical (unpaired) electrons. The van der Waals surface area contributed by atoms with Crippen molar-refractivity contribution < 1.29 is 4.79 Å². The fraction of sp³-hybridized carbons (Fsp3) is 0.107. The molecular formula is C28H23N5O. The third-order valence-electron chi connectivity index (χ3n) is 5.75. The Hall–Kier alpha value is -4.63. The van der Waals surface area contributed by atoms with E-state index in [0.717, 1.165) is 44.3 Å². The first-order valence-corrected chi connectivity index (χ1v) is 11.0. The summed E-state index contributed by atoms with van der Waals surface area (Å²) in [7, 11) is 0. The van der Waals surface area contributed by atoms with Gasteiger partial charge in [-0.15, -0.1) is 0 Å². The van der Waals surface area contributed by atoms with E-state index in [1.165, 1.54) is 0 Å². The summed E-state index contributed by atoms with van der Waals surface area (Å²) in [6.07, 6.45) is 3.73. The first-order valence-electron chi connectivity index (χ1n) is 11.0. The van der Waals surface area contributed by atoms with Crippen LogP contribution in [0.4, 0.5) is 5.69 Å². The Kier molecular flexibility index (Phi) is 5.44. The standard InChI is InChI=1S/C28H23N5O/c1-18-6-5-7-22(12-18)30-27(34)17-33-16-21(23-8-3-4-9-26(23)33)14-20(15-29)28-31-24-11-10-19(2)13-25(24)32-28/h3-14,16H,17H2,1-2H3,(H,30,34)(H,31,32). The number of amides is 1. The second-order valence-corrected chi connectivity index (χ2v) is 8.42. The molecule has 0 aliphatic heterocycles. The number of nitriles is 1. The summed E-state index contributed by atoms with van der Waals surface area (Å²) < 4.78 is 1.91. The van der Waals surface area contributed by atoms with Gasteiger partial charge in [0.2, 0.25) is 5.91 Å². The number of fused-ring (bicyclic) bond motifs is 2. The topological polar surface area (TPSA) is 86.5 Å². The third-order valence-corrected chi connectivity index (χ3v) is 5.75. The molecule has 0 aliphatic rings. The van der Waals surface area contributed by atoms with E-state index in [9.17, 15) is 10.1 Å². The number of anilines is 1. The number of aromatic nitrogens is 3. The smallest absolute Gasteiger partial charge is 0.244 e. The molecule has 0 aliphatic carbocycles. The number of para-hydroxylation sites is 1. The van der Waals surface area contributed by atoms with E-state index in [1.54, 1.807) is 0 Å². The van der Waals surface area contributed by atoms with Gasteiger partial charge in [0, 0.05) is 28.4 Å². The van der Waals surface area contributed by atoms with Gasteiger partial charge in [-0.3, -0.25) is 4.79 Å². The zero-order chi connectivity index (χ0) is 23.7. The minimum Gasteiger partial charge on any atom is -0.337 e. The van der Waals surface area contributed by atoms with Crippen molar-refractivity contribution in [1.29, 1.82) is 5.26 Å². The molecular weight excluding hydrogens is 422 g/mol. The summed E-state index contributed by atoms with van der Waals surface area (Å²) in [6, 6.07) is 23.8. The van der Waals surface area contributed by atoms with Crippen LogP contribution in [-0.4, -0.2) is 20.4 Å². The van der Waals surface area contributed by atoms with Crippen LogP contribution in [0.25, 0.3) is 33.6 Å². The Morgan fingerprint density at radius 1 is 1.09 bits per heavy atom. The third kappa shape index (κ3) is 4.19. The number of carbonyl (C=O) groups is 1. The van der Waals surface area contributed by atoms with Crippen LogP contribution in [0.15, 0.2) is 72.9 Å². The molecule has 6 nitrogen and oxygen atoms in total. The molecule has 1 amide bonds. The number of nitrogens with zero attached hydrogens (tertiary/aromatic N) is 3. The normalized spacial score (nSPS) is 11.6. The minimum absolute atomic E-state index is 0.116. The van der Waals surface area contributed by atoms with Crippen LogP contribution in [0.2, 0.25) is 0 Å². The zero-order valence-corrected chi connectivity index (χ0v) is 19.0. The zero-order valence-electron chi connectivity index (χ0n) is 19.0. The molecule has 0 spiro atoms. The summed E-state index contributed by atoms with van der Waals surface area (Å²) in [6.45, 7) is 4.17. The Morgan fingerprint density at radius 2 is 1.91 bits per heavy atom. The average Bonchev–Trinajstić information content (AvgIpc) is 3.38. The molecule has 2 heterocycles. The predicted octanol–water partition coefficient (Wildman–Crippen LogP) is 5.84. The molecule has 2 N–H and O–H groups in total. The number of nitrogens with one attached hydrogen (secondary N) is 2. The van der Waals surface area contributed by atoms with E-state index in [2.05, 4.69) is 21.4 Å².